The van der Waals surface area contributed by atoms with E-state index in [1.807, 2.05) is 6.92 Å². The van der Waals surface area contributed by atoms with Crippen LogP contribution in [-0.2, 0) is 9.53 Å². The van der Waals surface area contributed by atoms with Crippen LogP contribution in [0, 0.1) is 0 Å². The SMILES string of the molecule is CCCOCCC(=O)Nc1cccnc1C(=O)O. The van der Waals surface area contributed by atoms with E-state index in [9.17, 15) is 9.59 Å². The standard InChI is InChI=1S/C12H16N2O4/c1-2-7-18-8-5-10(15)14-9-4-3-6-13-11(9)12(16)17/h3-4,6H,2,5,7-8H2,1H3,(H,14,15)(H,16,17). The number of amides is 1. The number of aromatic nitrogens is 1. The van der Waals surface area contributed by atoms with Gasteiger partial charge in [-0.05, 0) is 18.6 Å². The summed E-state index contributed by atoms with van der Waals surface area (Å²) in [7, 11) is 0. The number of carboxylic acid groups (broad SMARTS) is 1. The Morgan fingerprint density at radius 3 is 2.89 bits per heavy atom. The van der Waals surface area contributed by atoms with Crippen LogP contribution in [0.2, 0.25) is 0 Å². The smallest absolute Gasteiger partial charge is 0.356 e. The van der Waals surface area contributed by atoms with Crippen molar-refractivity contribution in [3.63, 3.8) is 0 Å². The van der Waals surface area contributed by atoms with Crippen LogP contribution in [0.25, 0.3) is 0 Å². The minimum Gasteiger partial charge on any atom is -0.476 e. The zero-order chi connectivity index (χ0) is 13.4. The predicted molar refractivity (Wildman–Crippen MR) is 65.6 cm³/mol. The molecule has 6 heteroatoms. The van der Waals surface area contributed by atoms with Crippen molar-refractivity contribution in [2.75, 3.05) is 18.5 Å². The third kappa shape index (κ3) is 4.50. The average Bonchev–Trinajstić information content (AvgIpc) is 2.35. The first-order valence-corrected chi connectivity index (χ1v) is 5.71. The molecule has 0 atom stereocenters. The Hall–Kier alpha value is -1.95. The van der Waals surface area contributed by atoms with Gasteiger partial charge < -0.3 is 15.2 Å². The minimum atomic E-state index is -1.17. The van der Waals surface area contributed by atoms with E-state index in [1.54, 1.807) is 6.07 Å². The number of carbonyl (C=O) groups excluding carboxylic acids is 1. The van der Waals surface area contributed by atoms with Crippen molar-refractivity contribution < 1.29 is 19.4 Å². The van der Waals surface area contributed by atoms with Crippen molar-refractivity contribution in [2.45, 2.75) is 19.8 Å². The molecule has 0 aliphatic carbocycles. The van der Waals surface area contributed by atoms with Crippen LogP contribution < -0.4 is 5.32 Å². The van der Waals surface area contributed by atoms with Gasteiger partial charge in [-0.2, -0.15) is 0 Å². The summed E-state index contributed by atoms with van der Waals surface area (Å²) in [4.78, 5) is 26.1. The maximum Gasteiger partial charge on any atom is 0.356 e. The van der Waals surface area contributed by atoms with Gasteiger partial charge in [0.05, 0.1) is 18.7 Å². The van der Waals surface area contributed by atoms with Gasteiger partial charge in [-0.15, -0.1) is 0 Å². The molecule has 0 unspecified atom stereocenters. The Morgan fingerprint density at radius 2 is 2.22 bits per heavy atom. The lowest BCUT2D eigenvalue weighted by Crippen LogP contribution is -2.17. The lowest BCUT2D eigenvalue weighted by atomic mass is 10.3. The molecule has 18 heavy (non-hydrogen) atoms. The highest BCUT2D eigenvalue weighted by atomic mass is 16.5. The number of carbonyl (C=O) groups is 2. The lowest BCUT2D eigenvalue weighted by Gasteiger charge is -2.07. The summed E-state index contributed by atoms with van der Waals surface area (Å²) < 4.78 is 5.18. The average molecular weight is 252 g/mol. The van der Waals surface area contributed by atoms with E-state index in [0.717, 1.165) is 6.42 Å². The normalized spacial score (nSPS) is 10.1. The van der Waals surface area contributed by atoms with E-state index >= 15 is 0 Å². The van der Waals surface area contributed by atoms with E-state index in [-0.39, 0.29) is 23.7 Å². The van der Waals surface area contributed by atoms with Crippen molar-refractivity contribution in [1.29, 1.82) is 0 Å². The predicted octanol–water partition coefficient (Wildman–Crippen LogP) is 1.53. The van der Waals surface area contributed by atoms with E-state index in [2.05, 4.69) is 10.3 Å². The quantitative estimate of drug-likeness (QED) is 0.718. The molecular weight excluding hydrogens is 236 g/mol. The van der Waals surface area contributed by atoms with Gasteiger partial charge in [0.25, 0.3) is 0 Å². The zero-order valence-corrected chi connectivity index (χ0v) is 10.2. The topological polar surface area (TPSA) is 88.5 Å². The first-order valence-electron chi connectivity index (χ1n) is 5.71. The molecule has 0 saturated carbocycles. The Morgan fingerprint density at radius 1 is 1.44 bits per heavy atom. The number of anilines is 1. The Labute approximate surface area is 105 Å². The largest absolute Gasteiger partial charge is 0.476 e. The number of hydrogen-bond acceptors (Lipinski definition) is 4. The Balaban J connectivity index is 2.51. The number of aromatic carboxylic acids is 1. The maximum absolute atomic E-state index is 11.5. The van der Waals surface area contributed by atoms with Gasteiger partial charge >= 0.3 is 5.97 Å². The summed E-state index contributed by atoms with van der Waals surface area (Å²) in [5.74, 6) is -1.46. The molecule has 1 aromatic heterocycles. The van der Waals surface area contributed by atoms with Gasteiger partial charge in [0.1, 0.15) is 0 Å². The summed E-state index contributed by atoms with van der Waals surface area (Å²) >= 11 is 0. The van der Waals surface area contributed by atoms with Gasteiger partial charge in [-0.25, -0.2) is 9.78 Å². The van der Waals surface area contributed by atoms with E-state index in [0.29, 0.717) is 13.2 Å². The van der Waals surface area contributed by atoms with E-state index in [4.69, 9.17) is 9.84 Å². The summed E-state index contributed by atoms with van der Waals surface area (Å²) in [5.41, 5.74) is 0.0332. The maximum atomic E-state index is 11.5. The fraction of sp³-hybridized carbons (Fsp3) is 0.417. The van der Waals surface area contributed by atoms with Crippen LogP contribution >= 0.6 is 0 Å². The van der Waals surface area contributed by atoms with Gasteiger partial charge in [0.2, 0.25) is 5.91 Å². The molecule has 1 heterocycles. The van der Waals surface area contributed by atoms with Crippen LogP contribution in [0.1, 0.15) is 30.3 Å². The van der Waals surface area contributed by atoms with Crippen molar-refractivity contribution in [1.82, 2.24) is 4.98 Å². The fourth-order valence-corrected chi connectivity index (χ4v) is 1.30. The molecule has 0 aliphatic heterocycles. The molecule has 0 radical (unpaired) electrons. The summed E-state index contributed by atoms with van der Waals surface area (Å²) in [6.45, 7) is 2.91. The second kappa shape index (κ2) is 7.39. The molecule has 0 aliphatic rings. The highest BCUT2D eigenvalue weighted by molar-refractivity contribution is 5.98. The molecule has 0 bridgehead atoms. The molecule has 0 saturated heterocycles. The number of pyridine rings is 1. The number of ether oxygens (including phenoxy) is 1. The summed E-state index contributed by atoms with van der Waals surface area (Å²) in [5, 5.41) is 11.4. The third-order valence-corrected chi connectivity index (χ3v) is 2.11. The number of carboxylic acids is 1. The molecule has 1 amide bonds. The molecule has 1 rings (SSSR count). The van der Waals surface area contributed by atoms with Gasteiger partial charge in [-0.3, -0.25) is 4.79 Å². The van der Waals surface area contributed by atoms with Crippen LogP contribution in [0.3, 0.4) is 0 Å². The third-order valence-electron chi connectivity index (χ3n) is 2.11. The Kier molecular flexibility index (Phi) is 5.79. The monoisotopic (exact) mass is 252 g/mol. The zero-order valence-electron chi connectivity index (χ0n) is 10.2. The number of rotatable bonds is 7. The summed E-state index contributed by atoms with van der Waals surface area (Å²) in [6, 6.07) is 3.07. The van der Waals surface area contributed by atoms with Crippen LogP contribution in [-0.4, -0.2) is 35.2 Å². The molecule has 0 spiro atoms. The van der Waals surface area contributed by atoms with Crippen LogP contribution in [0.15, 0.2) is 18.3 Å². The fourth-order valence-electron chi connectivity index (χ4n) is 1.30. The van der Waals surface area contributed by atoms with Gasteiger partial charge in [-0.1, -0.05) is 6.92 Å². The Bertz CT molecular complexity index is 420. The molecule has 6 nitrogen and oxygen atoms in total. The number of nitrogens with one attached hydrogen (secondary N) is 1. The molecule has 0 fully saturated rings. The second-order valence-corrected chi connectivity index (χ2v) is 3.62. The van der Waals surface area contributed by atoms with E-state index in [1.165, 1.54) is 12.3 Å². The molecule has 98 valence electrons. The van der Waals surface area contributed by atoms with Crippen LogP contribution in [0.5, 0.6) is 0 Å². The number of hydrogen-bond donors (Lipinski definition) is 2. The first kappa shape index (κ1) is 14.1. The van der Waals surface area contributed by atoms with Crippen LogP contribution in [0.4, 0.5) is 5.69 Å². The highest BCUT2D eigenvalue weighted by Crippen LogP contribution is 2.12. The van der Waals surface area contributed by atoms with E-state index < -0.39 is 5.97 Å². The number of nitrogens with zero attached hydrogens (tertiary/aromatic N) is 1. The molecule has 2 N–H and O–H groups in total. The molecule has 0 aromatic carbocycles. The second-order valence-electron chi connectivity index (χ2n) is 3.62. The van der Waals surface area contributed by atoms with Crippen molar-refractivity contribution in [3.05, 3.63) is 24.0 Å². The summed E-state index contributed by atoms with van der Waals surface area (Å²) in [6.07, 6.45) is 2.45. The molecule has 1 aromatic rings. The highest BCUT2D eigenvalue weighted by Gasteiger charge is 2.12. The van der Waals surface area contributed by atoms with Crippen molar-refractivity contribution >= 4 is 17.6 Å². The minimum absolute atomic E-state index is 0.166. The van der Waals surface area contributed by atoms with Crippen molar-refractivity contribution in [3.8, 4) is 0 Å². The van der Waals surface area contributed by atoms with Gasteiger partial charge in [0, 0.05) is 12.8 Å². The van der Waals surface area contributed by atoms with Gasteiger partial charge in [0.15, 0.2) is 5.69 Å². The lowest BCUT2D eigenvalue weighted by molar-refractivity contribution is -0.117. The van der Waals surface area contributed by atoms with Crippen molar-refractivity contribution in [2.24, 2.45) is 0 Å². The molecular formula is C12H16N2O4. The first-order chi connectivity index (χ1) is 8.65.